The quantitative estimate of drug-likeness (QED) is 0.813. The molecule has 0 atom stereocenters. The maximum Gasteiger partial charge on any atom is 0.267 e. The van der Waals surface area contributed by atoms with Gasteiger partial charge in [-0.15, -0.1) is 11.8 Å². The summed E-state index contributed by atoms with van der Waals surface area (Å²) in [7, 11) is 0. The number of hydrogen-bond donors (Lipinski definition) is 1. The third-order valence-corrected chi connectivity index (χ3v) is 4.86. The van der Waals surface area contributed by atoms with E-state index in [2.05, 4.69) is 0 Å². The van der Waals surface area contributed by atoms with Crippen LogP contribution in [0.3, 0.4) is 0 Å². The van der Waals surface area contributed by atoms with E-state index in [-0.39, 0.29) is 24.3 Å². The van der Waals surface area contributed by atoms with Gasteiger partial charge in [-0.3, -0.25) is 14.5 Å². The summed E-state index contributed by atoms with van der Waals surface area (Å²) in [5.41, 5.74) is 3.48. The summed E-state index contributed by atoms with van der Waals surface area (Å²) >= 11 is 1.26. The standard InChI is InChI=1S/C18H23NO3S/c1-11(2)10-19-17(21)15(16(18(19)22)23-8-7-20)14-6-5-12(3)13(4)9-14/h5-6,9,11,20H,7-8,10H2,1-4H3. The first kappa shape index (κ1) is 17.8. The molecule has 1 aliphatic heterocycles. The first-order valence-electron chi connectivity index (χ1n) is 7.78. The predicted molar refractivity (Wildman–Crippen MR) is 93.9 cm³/mol. The molecule has 1 aromatic rings. The van der Waals surface area contributed by atoms with Crippen LogP contribution in [0.15, 0.2) is 23.1 Å². The maximum absolute atomic E-state index is 12.8. The van der Waals surface area contributed by atoms with Crippen LogP contribution >= 0.6 is 11.8 Å². The number of thioether (sulfide) groups is 1. The van der Waals surface area contributed by atoms with Gasteiger partial charge in [0, 0.05) is 12.3 Å². The van der Waals surface area contributed by atoms with Gasteiger partial charge in [0.05, 0.1) is 17.1 Å². The van der Waals surface area contributed by atoms with E-state index in [9.17, 15) is 9.59 Å². The van der Waals surface area contributed by atoms with Crippen molar-refractivity contribution >= 4 is 29.1 Å². The number of nitrogens with zero attached hydrogens (tertiary/aromatic N) is 1. The number of rotatable bonds is 6. The molecule has 0 unspecified atom stereocenters. The summed E-state index contributed by atoms with van der Waals surface area (Å²) in [6.45, 7) is 8.36. The zero-order valence-corrected chi connectivity index (χ0v) is 14.9. The number of hydrogen-bond acceptors (Lipinski definition) is 4. The van der Waals surface area contributed by atoms with E-state index in [4.69, 9.17) is 5.11 Å². The average molecular weight is 333 g/mol. The SMILES string of the molecule is Cc1ccc(C2=C(SCCO)C(=O)N(CC(C)C)C2=O)cc1C. The van der Waals surface area contributed by atoms with Crippen molar-refractivity contribution in [2.75, 3.05) is 18.9 Å². The van der Waals surface area contributed by atoms with Gasteiger partial charge in [0.15, 0.2) is 0 Å². The number of aryl methyl sites for hydroxylation is 2. The summed E-state index contributed by atoms with van der Waals surface area (Å²) in [4.78, 5) is 27.2. The van der Waals surface area contributed by atoms with Crippen LogP contribution in [0.2, 0.25) is 0 Å². The van der Waals surface area contributed by atoms with E-state index in [1.165, 1.54) is 16.7 Å². The van der Waals surface area contributed by atoms with Crippen molar-refractivity contribution in [2.45, 2.75) is 27.7 Å². The summed E-state index contributed by atoms with van der Waals surface area (Å²) in [5.74, 6) is 0.145. The second-order valence-electron chi connectivity index (χ2n) is 6.19. The van der Waals surface area contributed by atoms with Crippen molar-refractivity contribution in [3.63, 3.8) is 0 Å². The summed E-state index contributed by atoms with van der Waals surface area (Å²) in [6.07, 6.45) is 0. The first-order valence-corrected chi connectivity index (χ1v) is 8.77. The largest absolute Gasteiger partial charge is 0.396 e. The number of aliphatic hydroxyl groups excluding tert-OH is 1. The Morgan fingerprint density at radius 3 is 2.39 bits per heavy atom. The van der Waals surface area contributed by atoms with Crippen molar-refractivity contribution in [3.05, 3.63) is 39.8 Å². The minimum atomic E-state index is -0.240. The second kappa shape index (κ2) is 7.32. The molecular weight excluding hydrogens is 310 g/mol. The Morgan fingerprint density at radius 1 is 1.13 bits per heavy atom. The number of carbonyl (C=O) groups excluding carboxylic acids is 2. The molecule has 1 aliphatic rings. The van der Waals surface area contributed by atoms with Crippen molar-refractivity contribution < 1.29 is 14.7 Å². The lowest BCUT2D eigenvalue weighted by Crippen LogP contribution is -2.34. The van der Waals surface area contributed by atoms with E-state index in [0.29, 0.717) is 22.8 Å². The smallest absolute Gasteiger partial charge is 0.267 e. The molecule has 2 amide bonds. The molecule has 0 fully saturated rings. The highest BCUT2D eigenvalue weighted by atomic mass is 32.2. The lowest BCUT2D eigenvalue weighted by atomic mass is 10.0. The zero-order chi connectivity index (χ0) is 17.1. The Morgan fingerprint density at radius 2 is 1.83 bits per heavy atom. The summed E-state index contributed by atoms with van der Waals surface area (Å²) in [5, 5.41) is 9.07. The number of carbonyl (C=O) groups is 2. The highest BCUT2D eigenvalue weighted by Gasteiger charge is 2.39. The lowest BCUT2D eigenvalue weighted by Gasteiger charge is -2.17. The van der Waals surface area contributed by atoms with Gasteiger partial charge in [0.25, 0.3) is 11.8 Å². The molecule has 23 heavy (non-hydrogen) atoms. The Balaban J connectivity index is 2.48. The van der Waals surface area contributed by atoms with Gasteiger partial charge in [-0.05, 0) is 36.5 Å². The van der Waals surface area contributed by atoms with E-state index < -0.39 is 0 Å². The zero-order valence-electron chi connectivity index (χ0n) is 14.0. The fourth-order valence-electron chi connectivity index (χ4n) is 2.52. The molecule has 1 N–H and O–H groups in total. The van der Waals surface area contributed by atoms with E-state index in [1.807, 2.05) is 45.9 Å². The molecule has 4 nitrogen and oxygen atoms in total. The van der Waals surface area contributed by atoms with E-state index in [1.54, 1.807) is 0 Å². The van der Waals surface area contributed by atoms with Gasteiger partial charge < -0.3 is 5.11 Å². The Kier molecular flexibility index (Phi) is 5.65. The molecule has 124 valence electrons. The molecule has 0 saturated heterocycles. The van der Waals surface area contributed by atoms with Crippen LogP contribution in [0, 0.1) is 19.8 Å². The van der Waals surface area contributed by atoms with Crippen molar-refractivity contribution in [1.82, 2.24) is 4.90 Å². The van der Waals surface area contributed by atoms with Crippen molar-refractivity contribution in [1.29, 1.82) is 0 Å². The number of aliphatic hydroxyl groups is 1. The molecule has 5 heteroatoms. The summed E-state index contributed by atoms with van der Waals surface area (Å²) in [6, 6.07) is 5.81. The third kappa shape index (κ3) is 3.67. The monoisotopic (exact) mass is 333 g/mol. The molecule has 0 bridgehead atoms. The van der Waals surface area contributed by atoms with Crippen LogP contribution in [0.5, 0.6) is 0 Å². The van der Waals surface area contributed by atoms with E-state index in [0.717, 1.165) is 16.7 Å². The van der Waals surface area contributed by atoms with Gasteiger partial charge in [0.1, 0.15) is 0 Å². The van der Waals surface area contributed by atoms with Crippen LogP contribution in [0.4, 0.5) is 0 Å². The fourth-order valence-corrected chi connectivity index (χ4v) is 3.40. The average Bonchev–Trinajstić information content (AvgIpc) is 2.72. The van der Waals surface area contributed by atoms with Gasteiger partial charge in [-0.2, -0.15) is 0 Å². The minimum Gasteiger partial charge on any atom is -0.396 e. The molecule has 0 spiro atoms. The van der Waals surface area contributed by atoms with E-state index >= 15 is 0 Å². The Hall–Kier alpha value is -1.59. The molecule has 1 heterocycles. The summed E-state index contributed by atoms with van der Waals surface area (Å²) < 4.78 is 0. The van der Waals surface area contributed by atoms with Crippen LogP contribution < -0.4 is 0 Å². The van der Waals surface area contributed by atoms with Crippen molar-refractivity contribution in [2.24, 2.45) is 5.92 Å². The fraction of sp³-hybridized carbons (Fsp3) is 0.444. The molecule has 0 radical (unpaired) electrons. The van der Waals surface area contributed by atoms with Gasteiger partial charge in [0.2, 0.25) is 0 Å². The molecule has 0 aromatic heterocycles. The topological polar surface area (TPSA) is 57.6 Å². The molecule has 1 aromatic carbocycles. The second-order valence-corrected chi connectivity index (χ2v) is 7.30. The number of amides is 2. The number of imide groups is 1. The van der Waals surface area contributed by atoms with Gasteiger partial charge in [-0.25, -0.2) is 0 Å². The third-order valence-electron chi connectivity index (χ3n) is 3.81. The van der Waals surface area contributed by atoms with Crippen LogP contribution in [0.1, 0.15) is 30.5 Å². The minimum absolute atomic E-state index is 0.0278. The predicted octanol–water partition coefficient (Wildman–Crippen LogP) is 2.76. The Bertz CT molecular complexity index is 664. The van der Waals surface area contributed by atoms with Gasteiger partial charge in [-0.1, -0.05) is 32.0 Å². The molecule has 2 rings (SSSR count). The normalized spacial score (nSPS) is 15.3. The van der Waals surface area contributed by atoms with Crippen molar-refractivity contribution in [3.8, 4) is 0 Å². The lowest BCUT2D eigenvalue weighted by molar-refractivity contribution is -0.137. The number of benzene rings is 1. The van der Waals surface area contributed by atoms with Crippen LogP contribution in [-0.2, 0) is 9.59 Å². The molecular formula is C18H23NO3S. The van der Waals surface area contributed by atoms with Crippen LogP contribution in [-0.4, -0.2) is 40.7 Å². The Labute approximate surface area is 141 Å². The van der Waals surface area contributed by atoms with Gasteiger partial charge >= 0.3 is 0 Å². The maximum atomic E-state index is 12.8. The molecule has 0 aliphatic carbocycles. The highest BCUT2D eigenvalue weighted by Crippen LogP contribution is 2.36. The van der Waals surface area contributed by atoms with Crippen LogP contribution in [0.25, 0.3) is 5.57 Å². The molecule has 0 saturated carbocycles. The highest BCUT2D eigenvalue weighted by molar-refractivity contribution is 8.04. The first-order chi connectivity index (χ1) is 10.9.